The van der Waals surface area contributed by atoms with Gasteiger partial charge in [-0.2, -0.15) is 0 Å². The first-order chi connectivity index (χ1) is 4.97. The fourth-order valence-corrected chi connectivity index (χ4v) is 1.35. The Morgan fingerprint density at radius 3 is 2.10 bits per heavy atom. The van der Waals surface area contributed by atoms with Crippen LogP contribution >= 0.6 is 0 Å². The van der Waals surface area contributed by atoms with E-state index in [0.29, 0.717) is 13.2 Å². The molecule has 0 saturated carbocycles. The van der Waals surface area contributed by atoms with Crippen molar-refractivity contribution in [3.05, 3.63) is 0 Å². The Morgan fingerprint density at radius 1 is 0.900 bits per heavy atom. The van der Waals surface area contributed by atoms with Crippen LogP contribution in [0.15, 0.2) is 0 Å². The molecule has 3 heteroatoms. The van der Waals surface area contributed by atoms with Crippen LogP contribution in [0.2, 0.25) is 0 Å². The highest BCUT2D eigenvalue weighted by Crippen LogP contribution is 2.16. The van der Waals surface area contributed by atoms with Crippen molar-refractivity contribution in [3.63, 3.8) is 0 Å². The summed E-state index contributed by atoms with van der Waals surface area (Å²) in [5, 5.41) is 0. The molecule has 3 nitrogen and oxygen atoms in total. The van der Waals surface area contributed by atoms with Gasteiger partial charge < -0.3 is 14.2 Å². The maximum Gasteiger partial charge on any atom is 0.109 e. The second-order valence-electron chi connectivity index (χ2n) is 2.71. The molecule has 0 aromatic rings. The normalized spacial score (nSPS) is 40.8. The van der Waals surface area contributed by atoms with Crippen LogP contribution in [0.1, 0.15) is 6.42 Å². The van der Waals surface area contributed by atoms with Gasteiger partial charge in [-0.25, -0.2) is 0 Å². The van der Waals surface area contributed by atoms with Gasteiger partial charge in [0.2, 0.25) is 0 Å². The van der Waals surface area contributed by atoms with Crippen molar-refractivity contribution in [1.29, 1.82) is 0 Å². The van der Waals surface area contributed by atoms with Crippen molar-refractivity contribution in [2.45, 2.75) is 18.6 Å². The number of rotatable bonds is 0. The first-order valence-corrected chi connectivity index (χ1v) is 3.78. The molecule has 2 saturated heterocycles. The molecule has 0 bridgehead atoms. The van der Waals surface area contributed by atoms with E-state index in [4.69, 9.17) is 14.2 Å². The van der Waals surface area contributed by atoms with Crippen LogP contribution in [0.25, 0.3) is 0 Å². The predicted molar refractivity (Wildman–Crippen MR) is 34.9 cm³/mol. The van der Waals surface area contributed by atoms with Crippen LogP contribution in [-0.2, 0) is 14.2 Å². The van der Waals surface area contributed by atoms with E-state index in [1.807, 2.05) is 0 Å². The maximum atomic E-state index is 5.48. The Bertz CT molecular complexity index is 103. The molecule has 2 aliphatic rings. The lowest BCUT2D eigenvalue weighted by atomic mass is 10.3. The number of fused-ring (bicyclic) bond motifs is 1. The van der Waals surface area contributed by atoms with Crippen LogP contribution in [0.4, 0.5) is 0 Å². The summed E-state index contributed by atoms with van der Waals surface area (Å²) in [6.45, 7) is 3.07. The summed E-state index contributed by atoms with van der Waals surface area (Å²) in [6.07, 6.45) is 1.44. The van der Waals surface area contributed by atoms with Crippen LogP contribution in [-0.4, -0.2) is 38.6 Å². The van der Waals surface area contributed by atoms with Gasteiger partial charge in [-0.05, 0) is 6.42 Å². The molecule has 0 aromatic heterocycles. The minimum Gasteiger partial charge on any atom is -0.376 e. The molecule has 0 spiro atoms. The van der Waals surface area contributed by atoms with Crippen molar-refractivity contribution in [2.75, 3.05) is 26.4 Å². The van der Waals surface area contributed by atoms with E-state index in [-0.39, 0.29) is 12.2 Å². The Morgan fingerprint density at radius 2 is 1.50 bits per heavy atom. The molecule has 58 valence electrons. The van der Waals surface area contributed by atoms with Crippen LogP contribution < -0.4 is 0 Å². The summed E-state index contributed by atoms with van der Waals surface area (Å²) in [4.78, 5) is 0. The number of hydrogen-bond acceptors (Lipinski definition) is 3. The molecule has 0 N–H and O–H groups in total. The van der Waals surface area contributed by atoms with Gasteiger partial charge in [0.05, 0.1) is 13.2 Å². The molecule has 0 aliphatic carbocycles. The molecule has 2 aliphatic heterocycles. The van der Waals surface area contributed by atoms with E-state index in [2.05, 4.69) is 0 Å². The van der Waals surface area contributed by atoms with Crippen molar-refractivity contribution >= 4 is 0 Å². The molecule has 2 unspecified atom stereocenters. The quantitative estimate of drug-likeness (QED) is 0.485. The second-order valence-corrected chi connectivity index (χ2v) is 2.71. The van der Waals surface area contributed by atoms with Crippen molar-refractivity contribution in [1.82, 2.24) is 0 Å². The van der Waals surface area contributed by atoms with Gasteiger partial charge in [-0.3, -0.25) is 0 Å². The zero-order valence-electron chi connectivity index (χ0n) is 5.91. The summed E-state index contributed by atoms with van der Waals surface area (Å²) < 4.78 is 16.2. The lowest BCUT2D eigenvalue weighted by Crippen LogP contribution is -2.27. The maximum absolute atomic E-state index is 5.48. The number of ether oxygens (including phenoxy) is 3. The summed E-state index contributed by atoms with van der Waals surface area (Å²) in [7, 11) is 0. The van der Waals surface area contributed by atoms with E-state index < -0.39 is 0 Å². The molecule has 0 aromatic carbocycles. The summed E-state index contributed by atoms with van der Waals surface area (Å²) >= 11 is 0. The predicted octanol–water partition coefficient (Wildman–Crippen LogP) is 0.191. The van der Waals surface area contributed by atoms with Gasteiger partial charge in [-0.15, -0.1) is 0 Å². The van der Waals surface area contributed by atoms with Gasteiger partial charge >= 0.3 is 0 Å². The van der Waals surface area contributed by atoms with E-state index >= 15 is 0 Å². The Balaban J connectivity index is 1.95. The number of hydrogen-bond donors (Lipinski definition) is 0. The lowest BCUT2D eigenvalue weighted by molar-refractivity contribution is -0.00461. The van der Waals surface area contributed by atoms with Crippen molar-refractivity contribution in [2.24, 2.45) is 0 Å². The Labute approximate surface area is 60.3 Å². The average Bonchev–Trinajstić information content (AvgIpc) is 2.28. The monoisotopic (exact) mass is 144 g/mol. The van der Waals surface area contributed by atoms with Gasteiger partial charge in [0.25, 0.3) is 0 Å². The minimum absolute atomic E-state index is 0.211. The average molecular weight is 144 g/mol. The van der Waals surface area contributed by atoms with Crippen LogP contribution in [0.3, 0.4) is 0 Å². The summed E-state index contributed by atoms with van der Waals surface area (Å²) in [6, 6.07) is 0. The molecule has 2 atom stereocenters. The minimum atomic E-state index is 0.211. The van der Waals surface area contributed by atoms with Crippen LogP contribution in [0.5, 0.6) is 0 Å². The third-order valence-electron chi connectivity index (χ3n) is 1.93. The SMILES string of the molecule is C1COC2COCC2OC1. The van der Waals surface area contributed by atoms with Crippen molar-refractivity contribution < 1.29 is 14.2 Å². The fourth-order valence-electron chi connectivity index (χ4n) is 1.35. The molecule has 10 heavy (non-hydrogen) atoms. The topological polar surface area (TPSA) is 27.7 Å². The van der Waals surface area contributed by atoms with E-state index in [1.54, 1.807) is 0 Å². The molecular weight excluding hydrogens is 132 g/mol. The molecule has 2 heterocycles. The van der Waals surface area contributed by atoms with Crippen LogP contribution in [0, 0.1) is 0 Å². The first-order valence-electron chi connectivity index (χ1n) is 3.78. The third kappa shape index (κ3) is 1.17. The van der Waals surface area contributed by atoms with E-state index in [9.17, 15) is 0 Å². The first kappa shape index (κ1) is 6.58. The second kappa shape index (κ2) is 2.86. The largest absolute Gasteiger partial charge is 0.376 e. The molecule has 2 rings (SSSR count). The highest BCUT2D eigenvalue weighted by Gasteiger charge is 2.30. The zero-order valence-corrected chi connectivity index (χ0v) is 5.91. The fraction of sp³-hybridized carbons (Fsp3) is 1.00. The summed E-state index contributed by atoms with van der Waals surface area (Å²) in [5.74, 6) is 0. The standard InChI is InChI=1S/C7H12O3/c1-2-9-6-4-8-5-7(6)10-3-1/h6-7H,1-5H2. The van der Waals surface area contributed by atoms with Gasteiger partial charge in [0, 0.05) is 13.2 Å². The molecule has 2 fully saturated rings. The van der Waals surface area contributed by atoms with Gasteiger partial charge in [0.15, 0.2) is 0 Å². The summed E-state index contributed by atoms with van der Waals surface area (Å²) in [5.41, 5.74) is 0. The Kier molecular flexibility index (Phi) is 1.88. The zero-order chi connectivity index (χ0) is 6.81. The van der Waals surface area contributed by atoms with E-state index in [0.717, 1.165) is 19.6 Å². The highest BCUT2D eigenvalue weighted by atomic mass is 16.6. The highest BCUT2D eigenvalue weighted by molar-refractivity contribution is 4.77. The lowest BCUT2D eigenvalue weighted by Gasteiger charge is -2.12. The molecule has 0 amide bonds. The smallest absolute Gasteiger partial charge is 0.109 e. The molecule has 0 radical (unpaired) electrons. The van der Waals surface area contributed by atoms with Crippen molar-refractivity contribution in [3.8, 4) is 0 Å². The Hall–Kier alpha value is -0.120. The van der Waals surface area contributed by atoms with Gasteiger partial charge in [-0.1, -0.05) is 0 Å². The third-order valence-corrected chi connectivity index (χ3v) is 1.93. The van der Waals surface area contributed by atoms with Gasteiger partial charge in [0.1, 0.15) is 12.2 Å². The van der Waals surface area contributed by atoms with E-state index in [1.165, 1.54) is 0 Å². The molecular formula is C7H12O3.